The second-order valence-corrected chi connectivity index (χ2v) is 8.54. The summed E-state index contributed by atoms with van der Waals surface area (Å²) in [6, 6.07) is 16.3. The lowest BCUT2D eigenvalue weighted by Gasteiger charge is -2.28. The largest absolute Gasteiger partial charge is 0.508 e. The van der Waals surface area contributed by atoms with Gasteiger partial charge in [-0.1, -0.05) is 68.0 Å². The molecule has 5 heteroatoms. The highest BCUT2D eigenvalue weighted by Gasteiger charge is 2.33. The fourth-order valence-electron chi connectivity index (χ4n) is 3.99. The number of amidine groups is 1. The van der Waals surface area contributed by atoms with Gasteiger partial charge in [-0.2, -0.15) is 10.1 Å². The molecular weight excluding hydrogens is 374 g/mol. The third-order valence-corrected chi connectivity index (χ3v) is 5.09. The summed E-state index contributed by atoms with van der Waals surface area (Å²) in [6.45, 7) is 6.46. The Morgan fingerprint density at radius 3 is 2.47 bits per heavy atom. The van der Waals surface area contributed by atoms with Crippen molar-refractivity contribution in [3.63, 3.8) is 0 Å². The van der Waals surface area contributed by atoms with Gasteiger partial charge in [-0.05, 0) is 42.5 Å². The smallest absolute Gasteiger partial charge is 0.298 e. The van der Waals surface area contributed by atoms with E-state index in [1.54, 1.807) is 30.3 Å². The van der Waals surface area contributed by atoms with Crippen molar-refractivity contribution in [3.05, 3.63) is 83.1 Å². The van der Waals surface area contributed by atoms with Gasteiger partial charge in [0.15, 0.2) is 5.84 Å². The van der Waals surface area contributed by atoms with Crippen molar-refractivity contribution < 1.29 is 9.90 Å². The number of phenols is 1. The number of phenolic OH excluding ortho intramolecular Hbond substituents is 1. The van der Waals surface area contributed by atoms with Gasteiger partial charge in [-0.3, -0.25) is 4.79 Å². The molecule has 2 aromatic rings. The summed E-state index contributed by atoms with van der Waals surface area (Å²) in [4.78, 5) is 17.9. The molecule has 152 valence electrons. The predicted molar refractivity (Wildman–Crippen MR) is 120 cm³/mol. The zero-order valence-corrected chi connectivity index (χ0v) is 17.5. The van der Waals surface area contributed by atoms with Crippen molar-refractivity contribution in [1.29, 1.82) is 0 Å². The highest BCUT2D eigenvalue weighted by molar-refractivity contribution is 6.20. The summed E-state index contributed by atoms with van der Waals surface area (Å²) in [5, 5.41) is 15.7. The Labute approximate surface area is 176 Å². The molecular formula is C25H25N3O2. The normalized spacial score (nSPS) is 21.2. The summed E-state index contributed by atoms with van der Waals surface area (Å²) >= 11 is 0. The van der Waals surface area contributed by atoms with Gasteiger partial charge in [0.05, 0.1) is 0 Å². The van der Waals surface area contributed by atoms with Crippen LogP contribution in [0.5, 0.6) is 5.75 Å². The summed E-state index contributed by atoms with van der Waals surface area (Å²) in [5.74, 6) is 0.460. The van der Waals surface area contributed by atoms with Crippen LogP contribution >= 0.6 is 0 Å². The van der Waals surface area contributed by atoms with Crippen LogP contribution in [0.1, 0.15) is 44.7 Å². The number of hydrogen-bond acceptors (Lipinski definition) is 4. The molecule has 30 heavy (non-hydrogen) atoms. The molecule has 0 radical (unpaired) electrons. The van der Waals surface area contributed by atoms with E-state index in [2.05, 4.69) is 31.8 Å². The molecule has 0 fully saturated rings. The van der Waals surface area contributed by atoms with Gasteiger partial charge in [0.2, 0.25) is 0 Å². The first-order chi connectivity index (χ1) is 14.3. The van der Waals surface area contributed by atoms with E-state index in [1.165, 1.54) is 10.6 Å². The maximum Gasteiger partial charge on any atom is 0.298 e. The van der Waals surface area contributed by atoms with Crippen molar-refractivity contribution in [2.45, 2.75) is 33.6 Å². The molecule has 5 nitrogen and oxygen atoms in total. The standard InChI is InChI=1S/C25H25N3O2/c1-17-13-20(16-25(2,3)15-17)27-28-23(19-7-5-4-6-8-19)26-22(24(28)30)14-18-9-11-21(29)12-10-18/h4-12,14-15,29H,13,16H2,1-3H3. The van der Waals surface area contributed by atoms with E-state index in [9.17, 15) is 9.90 Å². The Kier molecular flexibility index (Phi) is 5.12. The van der Waals surface area contributed by atoms with Crippen LogP contribution in [-0.2, 0) is 4.79 Å². The van der Waals surface area contributed by atoms with Crippen molar-refractivity contribution in [2.24, 2.45) is 15.5 Å². The molecule has 2 aromatic carbocycles. The van der Waals surface area contributed by atoms with Gasteiger partial charge >= 0.3 is 0 Å². The molecule has 4 rings (SSSR count). The number of amides is 1. The topological polar surface area (TPSA) is 65.3 Å². The van der Waals surface area contributed by atoms with Gasteiger partial charge in [-0.25, -0.2) is 4.99 Å². The average molecular weight is 399 g/mol. The quantitative estimate of drug-likeness (QED) is 0.573. The van der Waals surface area contributed by atoms with E-state index in [-0.39, 0.29) is 17.1 Å². The molecule has 0 spiro atoms. The predicted octanol–water partition coefficient (Wildman–Crippen LogP) is 5.14. The lowest BCUT2D eigenvalue weighted by atomic mass is 9.79. The van der Waals surface area contributed by atoms with Crippen LogP contribution < -0.4 is 0 Å². The fourth-order valence-corrected chi connectivity index (χ4v) is 3.99. The zero-order chi connectivity index (χ0) is 21.3. The minimum atomic E-state index is -0.251. The number of carbonyl (C=O) groups excluding carboxylic acids is 1. The third-order valence-electron chi connectivity index (χ3n) is 5.09. The van der Waals surface area contributed by atoms with Gasteiger partial charge in [0.25, 0.3) is 5.91 Å². The fraction of sp³-hybridized carbons (Fsp3) is 0.240. The molecule has 1 N–H and O–H groups in total. The van der Waals surface area contributed by atoms with Crippen molar-refractivity contribution >= 4 is 23.5 Å². The van der Waals surface area contributed by atoms with E-state index < -0.39 is 0 Å². The monoisotopic (exact) mass is 399 g/mol. The first-order valence-corrected chi connectivity index (χ1v) is 10.0. The first-order valence-electron chi connectivity index (χ1n) is 10.0. The lowest BCUT2D eigenvalue weighted by Crippen LogP contribution is -2.31. The highest BCUT2D eigenvalue weighted by Crippen LogP contribution is 2.32. The first kappa shape index (κ1) is 19.8. The molecule has 0 atom stereocenters. The summed E-state index contributed by atoms with van der Waals surface area (Å²) in [5.41, 5.74) is 4.20. The Hall–Kier alpha value is -3.47. The molecule has 0 aromatic heterocycles. The second kappa shape index (κ2) is 7.75. The lowest BCUT2D eigenvalue weighted by molar-refractivity contribution is -0.122. The summed E-state index contributed by atoms with van der Waals surface area (Å²) in [6.07, 6.45) is 5.56. The minimum absolute atomic E-state index is 0.0126. The van der Waals surface area contributed by atoms with E-state index in [0.717, 1.165) is 29.7 Å². The zero-order valence-electron chi connectivity index (χ0n) is 17.5. The number of aromatic hydroxyl groups is 1. The van der Waals surface area contributed by atoms with E-state index in [0.29, 0.717) is 11.5 Å². The molecule has 2 aliphatic rings. The summed E-state index contributed by atoms with van der Waals surface area (Å²) in [7, 11) is 0. The molecule has 0 saturated carbocycles. The molecule has 1 amide bonds. The van der Waals surface area contributed by atoms with Crippen LogP contribution in [0, 0.1) is 5.41 Å². The van der Waals surface area contributed by atoms with E-state index >= 15 is 0 Å². The molecule has 0 bridgehead atoms. The molecule has 1 aliphatic carbocycles. The van der Waals surface area contributed by atoms with Crippen molar-refractivity contribution in [2.75, 3.05) is 0 Å². The average Bonchev–Trinajstić information content (AvgIpc) is 2.98. The Morgan fingerprint density at radius 2 is 1.80 bits per heavy atom. The van der Waals surface area contributed by atoms with Crippen LogP contribution in [0.15, 0.2) is 82.0 Å². The number of nitrogens with zero attached hydrogens (tertiary/aromatic N) is 3. The van der Waals surface area contributed by atoms with Crippen LogP contribution in [0.4, 0.5) is 0 Å². The van der Waals surface area contributed by atoms with Crippen molar-refractivity contribution in [1.82, 2.24) is 5.01 Å². The Morgan fingerprint density at radius 1 is 1.10 bits per heavy atom. The molecule has 1 aliphatic heterocycles. The van der Waals surface area contributed by atoms with Crippen LogP contribution in [0.2, 0.25) is 0 Å². The minimum Gasteiger partial charge on any atom is -0.508 e. The van der Waals surface area contributed by atoms with E-state index in [1.807, 2.05) is 30.3 Å². The Bertz CT molecular complexity index is 1090. The van der Waals surface area contributed by atoms with Crippen LogP contribution in [0.25, 0.3) is 6.08 Å². The number of rotatable bonds is 3. The SMILES string of the molecule is CC1=CC(C)(C)CC(=NN2C(=O)C(=Cc3ccc(O)cc3)N=C2c2ccccc2)C1. The highest BCUT2D eigenvalue weighted by atomic mass is 16.3. The number of allylic oxidation sites excluding steroid dienone is 2. The molecule has 0 saturated heterocycles. The number of carbonyl (C=O) groups is 1. The van der Waals surface area contributed by atoms with Crippen molar-refractivity contribution in [3.8, 4) is 5.75 Å². The van der Waals surface area contributed by atoms with Gasteiger partial charge in [0.1, 0.15) is 11.4 Å². The van der Waals surface area contributed by atoms with E-state index in [4.69, 9.17) is 5.10 Å². The summed E-state index contributed by atoms with van der Waals surface area (Å²) < 4.78 is 0. The number of hydrazone groups is 1. The number of hydrogen-bond donors (Lipinski definition) is 1. The van der Waals surface area contributed by atoms with Crippen LogP contribution in [-0.4, -0.2) is 27.6 Å². The number of aliphatic imine (C=N–C) groups is 1. The second-order valence-electron chi connectivity index (χ2n) is 8.54. The number of benzene rings is 2. The maximum atomic E-state index is 13.2. The maximum absolute atomic E-state index is 13.2. The van der Waals surface area contributed by atoms with Crippen LogP contribution in [0.3, 0.4) is 0 Å². The van der Waals surface area contributed by atoms with Gasteiger partial charge < -0.3 is 5.11 Å². The molecule has 0 unspecified atom stereocenters. The third kappa shape index (κ3) is 4.25. The van der Waals surface area contributed by atoms with Gasteiger partial charge in [0, 0.05) is 17.7 Å². The van der Waals surface area contributed by atoms with Gasteiger partial charge in [-0.15, -0.1) is 0 Å². The Balaban J connectivity index is 1.74. The molecule has 1 heterocycles.